The van der Waals surface area contributed by atoms with Crippen LogP contribution in [0.1, 0.15) is 51.5 Å². The van der Waals surface area contributed by atoms with Crippen LogP contribution in [0.5, 0.6) is 0 Å². The number of urea groups is 1. The quantitative estimate of drug-likeness (QED) is 0.871. The van der Waals surface area contributed by atoms with Gasteiger partial charge in [0.2, 0.25) is 0 Å². The van der Waals surface area contributed by atoms with E-state index in [4.69, 9.17) is 0 Å². The summed E-state index contributed by atoms with van der Waals surface area (Å²) in [5, 5.41) is 6.19. The Hall–Kier alpha value is -1.55. The van der Waals surface area contributed by atoms with Gasteiger partial charge in [0.15, 0.2) is 0 Å². The lowest BCUT2D eigenvalue weighted by Gasteiger charge is -2.49. The van der Waals surface area contributed by atoms with Crippen molar-refractivity contribution < 1.29 is 4.79 Å². The van der Waals surface area contributed by atoms with E-state index in [0.717, 1.165) is 24.1 Å². The Labute approximate surface area is 146 Å². The number of nitrogens with one attached hydrogen (secondary N) is 2. The highest BCUT2D eigenvalue weighted by Gasteiger charge is 2.38. The maximum absolute atomic E-state index is 12.3. The van der Waals surface area contributed by atoms with Gasteiger partial charge in [0.25, 0.3) is 0 Å². The van der Waals surface area contributed by atoms with Gasteiger partial charge >= 0.3 is 6.03 Å². The number of anilines is 1. The van der Waals surface area contributed by atoms with Crippen LogP contribution >= 0.6 is 0 Å². The number of nitrogens with zero attached hydrogens (tertiary/aromatic N) is 1. The summed E-state index contributed by atoms with van der Waals surface area (Å²) in [5.41, 5.74) is 2.02. The minimum absolute atomic E-state index is 0.0685. The topological polar surface area (TPSA) is 44.4 Å². The van der Waals surface area contributed by atoms with Crippen LogP contribution in [0.2, 0.25) is 0 Å². The SMILES string of the molecule is Cc1cccc(NC(=O)NC2C[C@H]3CCC[C@@H](C2)N3CC(C)C)c1. The van der Waals surface area contributed by atoms with Crippen LogP contribution in [0.25, 0.3) is 0 Å². The van der Waals surface area contributed by atoms with Gasteiger partial charge in [-0.1, -0.05) is 32.4 Å². The molecule has 0 aliphatic carbocycles. The van der Waals surface area contributed by atoms with E-state index in [9.17, 15) is 4.79 Å². The van der Waals surface area contributed by atoms with Gasteiger partial charge in [0.1, 0.15) is 0 Å². The zero-order valence-electron chi connectivity index (χ0n) is 15.2. The Morgan fingerprint density at radius 2 is 1.96 bits per heavy atom. The van der Waals surface area contributed by atoms with Crippen LogP contribution in [-0.2, 0) is 0 Å². The number of rotatable bonds is 4. The second-order valence-corrected chi connectivity index (χ2v) is 7.97. The maximum atomic E-state index is 12.3. The van der Waals surface area contributed by atoms with E-state index in [0.29, 0.717) is 24.0 Å². The molecule has 0 spiro atoms. The average molecular weight is 329 g/mol. The third-order valence-corrected chi connectivity index (χ3v) is 5.31. The number of carbonyl (C=O) groups is 1. The lowest BCUT2D eigenvalue weighted by molar-refractivity contribution is 0.0180. The summed E-state index contributed by atoms with van der Waals surface area (Å²) in [6.45, 7) is 7.83. The lowest BCUT2D eigenvalue weighted by Crippen LogP contribution is -2.58. The molecule has 2 aliphatic rings. The van der Waals surface area contributed by atoms with E-state index >= 15 is 0 Å². The summed E-state index contributed by atoms with van der Waals surface area (Å²) in [7, 11) is 0. The van der Waals surface area contributed by atoms with Crippen molar-refractivity contribution in [2.75, 3.05) is 11.9 Å². The Kier molecular flexibility index (Phi) is 5.44. The molecule has 1 aromatic rings. The molecule has 2 heterocycles. The average Bonchev–Trinajstić information content (AvgIpc) is 2.47. The molecule has 2 bridgehead atoms. The van der Waals surface area contributed by atoms with E-state index < -0.39 is 0 Å². The molecule has 0 saturated carbocycles. The second kappa shape index (κ2) is 7.56. The van der Waals surface area contributed by atoms with E-state index in [-0.39, 0.29) is 6.03 Å². The second-order valence-electron chi connectivity index (χ2n) is 7.97. The molecule has 2 fully saturated rings. The highest BCUT2D eigenvalue weighted by molar-refractivity contribution is 5.89. The number of aryl methyl sites for hydroxylation is 1. The number of hydrogen-bond donors (Lipinski definition) is 2. The molecule has 4 nitrogen and oxygen atoms in total. The molecule has 4 heteroatoms. The molecular weight excluding hydrogens is 298 g/mol. The smallest absolute Gasteiger partial charge is 0.319 e. The van der Waals surface area contributed by atoms with Crippen LogP contribution in [0.4, 0.5) is 10.5 Å². The zero-order valence-corrected chi connectivity index (χ0v) is 15.2. The summed E-state index contributed by atoms with van der Waals surface area (Å²) in [4.78, 5) is 15.0. The van der Waals surface area contributed by atoms with Gasteiger partial charge in [-0.25, -0.2) is 4.79 Å². The Morgan fingerprint density at radius 3 is 2.58 bits per heavy atom. The van der Waals surface area contributed by atoms with Crippen molar-refractivity contribution in [3.8, 4) is 0 Å². The Balaban J connectivity index is 1.56. The van der Waals surface area contributed by atoms with Crippen LogP contribution in [-0.4, -0.2) is 35.6 Å². The molecule has 3 rings (SSSR count). The van der Waals surface area contributed by atoms with E-state index in [1.807, 2.05) is 31.2 Å². The lowest BCUT2D eigenvalue weighted by atomic mass is 9.81. The minimum Gasteiger partial charge on any atom is -0.335 e. The Bertz CT molecular complexity index is 558. The van der Waals surface area contributed by atoms with Crippen molar-refractivity contribution in [3.05, 3.63) is 29.8 Å². The van der Waals surface area contributed by atoms with Gasteiger partial charge in [-0.15, -0.1) is 0 Å². The van der Waals surface area contributed by atoms with Gasteiger partial charge in [0.05, 0.1) is 0 Å². The molecule has 1 aromatic carbocycles. The maximum Gasteiger partial charge on any atom is 0.319 e. The number of piperidine rings is 2. The highest BCUT2D eigenvalue weighted by atomic mass is 16.2. The molecule has 24 heavy (non-hydrogen) atoms. The Morgan fingerprint density at radius 1 is 1.25 bits per heavy atom. The number of benzene rings is 1. The predicted octanol–water partition coefficient (Wildman–Crippen LogP) is 4.16. The summed E-state index contributed by atoms with van der Waals surface area (Å²) in [5.74, 6) is 0.710. The first-order valence-corrected chi connectivity index (χ1v) is 9.41. The minimum atomic E-state index is -0.0685. The fraction of sp³-hybridized carbons (Fsp3) is 0.650. The van der Waals surface area contributed by atoms with Gasteiger partial charge in [-0.3, -0.25) is 4.90 Å². The summed E-state index contributed by atoms with van der Waals surface area (Å²) in [6.07, 6.45) is 6.07. The van der Waals surface area contributed by atoms with Crippen molar-refractivity contribution in [1.82, 2.24) is 10.2 Å². The van der Waals surface area contributed by atoms with Crippen LogP contribution in [0, 0.1) is 12.8 Å². The summed E-state index contributed by atoms with van der Waals surface area (Å²) >= 11 is 0. The fourth-order valence-corrected chi connectivity index (χ4v) is 4.39. The number of hydrogen-bond acceptors (Lipinski definition) is 2. The summed E-state index contributed by atoms with van der Waals surface area (Å²) < 4.78 is 0. The first kappa shape index (κ1) is 17.3. The molecule has 2 aliphatic heterocycles. The molecule has 0 radical (unpaired) electrons. The normalized spacial score (nSPS) is 27.1. The molecule has 2 saturated heterocycles. The first-order valence-electron chi connectivity index (χ1n) is 9.41. The van der Waals surface area contributed by atoms with Crippen molar-refractivity contribution in [2.24, 2.45) is 5.92 Å². The third-order valence-electron chi connectivity index (χ3n) is 5.31. The van der Waals surface area contributed by atoms with Gasteiger partial charge in [0, 0.05) is 30.4 Å². The molecule has 3 atom stereocenters. The van der Waals surface area contributed by atoms with E-state index in [2.05, 4.69) is 29.4 Å². The predicted molar refractivity (Wildman–Crippen MR) is 99.3 cm³/mol. The molecule has 2 N–H and O–H groups in total. The highest BCUT2D eigenvalue weighted by Crippen LogP contribution is 2.34. The zero-order chi connectivity index (χ0) is 17.1. The van der Waals surface area contributed by atoms with Gasteiger partial charge < -0.3 is 10.6 Å². The van der Waals surface area contributed by atoms with Crippen molar-refractivity contribution in [3.63, 3.8) is 0 Å². The van der Waals surface area contributed by atoms with Crippen LogP contribution in [0.15, 0.2) is 24.3 Å². The standard InChI is InChI=1S/C20H31N3O/c1-14(2)13-23-18-8-5-9-19(23)12-17(11-18)22-20(24)21-16-7-4-6-15(3)10-16/h4,6-7,10,14,17-19H,5,8-9,11-13H2,1-3H3,(H2,21,22,24)/t17?,18-,19+. The molecule has 2 amide bonds. The van der Waals surface area contributed by atoms with E-state index in [1.54, 1.807) is 0 Å². The number of amides is 2. The van der Waals surface area contributed by atoms with Crippen molar-refractivity contribution in [1.29, 1.82) is 0 Å². The molecule has 0 aromatic heterocycles. The fourth-order valence-electron chi connectivity index (χ4n) is 4.39. The van der Waals surface area contributed by atoms with Gasteiger partial charge in [-0.05, 0) is 56.2 Å². The largest absolute Gasteiger partial charge is 0.335 e. The third kappa shape index (κ3) is 4.29. The first-order chi connectivity index (χ1) is 11.5. The van der Waals surface area contributed by atoms with E-state index in [1.165, 1.54) is 25.8 Å². The molecule has 1 unspecified atom stereocenters. The summed E-state index contributed by atoms with van der Waals surface area (Å²) in [6, 6.07) is 9.46. The monoisotopic (exact) mass is 329 g/mol. The number of carbonyl (C=O) groups excluding carboxylic acids is 1. The van der Waals surface area contributed by atoms with Gasteiger partial charge in [-0.2, -0.15) is 0 Å². The van der Waals surface area contributed by atoms with Crippen molar-refractivity contribution >= 4 is 11.7 Å². The van der Waals surface area contributed by atoms with Crippen molar-refractivity contribution in [2.45, 2.75) is 71.0 Å². The van der Waals surface area contributed by atoms with Crippen LogP contribution in [0.3, 0.4) is 0 Å². The number of fused-ring (bicyclic) bond motifs is 2. The molecule has 132 valence electrons. The van der Waals surface area contributed by atoms with Crippen LogP contribution < -0.4 is 10.6 Å². The molecular formula is C20H31N3O.